The molecular weight excluding hydrogens is 548 g/mol. The second-order valence-corrected chi connectivity index (χ2v) is 12.7. The summed E-state index contributed by atoms with van der Waals surface area (Å²) in [6.07, 6.45) is 0. The molecule has 1 aliphatic heterocycles. The highest BCUT2D eigenvalue weighted by atomic mass is 16.2. The monoisotopic (exact) mass is 580 g/mol. The number of fused-ring (bicyclic) bond motifs is 5. The predicted octanol–water partition coefficient (Wildman–Crippen LogP) is 10.7. The summed E-state index contributed by atoms with van der Waals surface area (Å²) in [4.78, 5) is 20.2. The minimum absolute atomic E-state index is 0.0368. The Morgan fingerprint density at radius 2 is 0.889 bits per heavy atom. The lowest BCUT2D eigenvalue weighted by atomic mass is 9.77. The number of hydrogen-bond acceptors (Lipinski definition) is 2. The molecule has 8 rings (SSSR count). The van der Waals surface area contributed by atoms with Gasteiger partial charge < -0.3 is 0 Å². The number of nitrogens with zero attached hydrogens (tertiary/aromatic N) is 2. The summed E-state index contributed by atoms with van der Waals surface area (Å²) < 4.78 is 1.84. The lowest BCUT2D eigenvalue weighted by molar-refractivity contribution is 0.0974. The van der Waals surface area contributed by atoms with Gasteiger partial charge in [-0.3, -0.25) is 9.36 Å². The van der Waals surface area contributed by atoms with Crippen LogP contribution in [0.5, 0.6) is 0 Å². The van der Waals surface area contributed by atoms with Crippen LogP contribution in [0.25, 0.3) is 66.9 Å². The molecule has 2 heterocycles. The van der Waals surface area contributed by atoms with Crippen LogP contribution < -0.4 is 0 Å². The minimum Gasteiger partial charge on any atom is -0.268 e. The van der Waals surface area contributed by atoms with Crippen LogP contribution >= 0.6 is 0 Å². The number of carbonyl (C=O) groups excluding carboxylic acids is 1. The quantitative estimate of drug-likeness (QED) is 0.208. The van der Waals surface area contributed by atoms with Gasteiger partial charge >= 0.3 is 0 Å². The number of carbonyl (C=O) groups is 1. The molecule has 1 aromatic heterocycles. The molecule has 7 aromatic rings. The molecule has 0 aliphatic carbocycles. The van der Waals surface area contributed by atoms with Gasteiger partial charge in [0.2, 0.25) is 0 Å². The summed E-state index contributed by atoms with van der Waals surface area (Å²) in [5.41, 5.74) is 12.7. The molecule has 0 fully saturated rings. The largest absolute Gasteiger partial charge is 0.268 e. The second-order valence-electron chi connectivity index (χ2n) is 12.7. The van der Waals surface area contributed by atoms with Crippen molar-refractivity contribution in [3.8, 4) is 55.9 Å². The van der Waals surface area contributed by atoms with Crippen LogP contribution in [-0.2, 0) is 5.41 Å². The third-order valence-electron chi connectivity index (χ3n) is 8.91. The first-order valence-corrected chi connectivity index (χ1v) is 15.5. The Morgan fingerprint density at radius 1 is 0.489 bits per heavy atom. The average molecular weight is 581 g/mol. The van der Waals surface area contributed by atoms with Gasteiger partial charge in [0.05, 0.1) is 16.6 Å². The number of imidazole rings is 1. The number of rotatable bonds is 4. The van der Waals surface area contributed by atoms with Gasteiger partial charge in [0, 0.05) is 16.7 Å². The summed E-state index contributed by atoms with van der Waals surface area (Å²) in [6.45, 7) is 6.61. The van der Waals surface area contributed by atoms with Crippen molar-refractivity contribution in [2.75, 3.05) is 0 Å². The molecule has 0 atom stereocenters. The molecule has 0 saturated carbocycles. The van der Waals surface area contributed by atoms with Gasteiger partial charge in [-0.2, -0.15) is 0 Å². The molecule has 0 N–H and O–H groups in total. The van der Waals surface area contributed by atoms with E-state index in [-0.39, 0.29) is 11.3 Å². The van der Waals surface area contributed by atoms with E-state index >= 15 is 0 Å². The molecule has 3 nitrogen and oxygen atoms in total. The van der Waals surface area contributed by atoms with Gasteiger partial charge in [0.25, 0.3) is 5.91 Å². The fraction of sp³-hybridized carbons (Fsp3) is 0.0952. The SMILES string of the molecule is CC(C)(C)c1ccc2c(c1)nc1n2C(=O)c2c(-c3ccccc3)c(-c3ccccc3)c(-c3ccccc3)c(-c3ccccc3)c2-1. The summed E-state index contributed by atoms with van der Waals surface area (Å²) in [5, 5.41) is 0. The first-order valence-electron chi connectivity index (χ1n) is 15.5. The van der Waals surface area contributed by atoms with Crippen molar-refractivity contribution in [1.82, 2.24) is 9.55 Å². The van der Waals surface area contributed by atoms with Gasteiger partial charge in [-0.1, -0.05) is 148 Å². The standard InChI is InChI=1S/C42H32N2O/c1-42(2,3)31-24-25-33-32(26-31)43-40-38-36(29-20-12-6-13-21-29)34(27-16-8-4-9-17-27)35(28-18-10-5-11-19-28)37(30-22-14-7-15-23-30)39(38)41(45)44(33)40/h4-26H,1-3H3. The van der Waals surface area contributed by atoms with Crippen molar-refractivity contribution in [1.29, 1.82) is 0 Å². The number of benzene rings is 6. The van der Waals surface area contributed by atoms with Crippen LogP contribution in [0.2, 0.25) is 0 Å². The molecule has 0 spiro atoms. The molecule has 0 bridgehead atoms. The van der Waals surface area contributed by atoms with E-state index in [9.17, 15) is 4.79 Å². The maximum Gasteiger partial charge on any atom is 0.265 e. The Morgan fingerprint density at radius 3 is 1.31 bits per heavy atom. The zero-order valence-electron chi connectivity index (χ0n) is 25.6. The average Bonchev–Trinajstić information content (AvgIpc) is 3.59. The highest BCUT2D eigenvalue weighted by Crippen LogP contribution is 2.55. The Bertz CT molecular complexity index is 2220. The fourth-order valence-electron chi connectivity index (χ4n) is 6.79. The van der Waals surface area contributed by atoms with Gasteiger partial charge in [0.1, 0.15) is 5.82 Å². The van der Waals surface area contributed by atoms with Crippen LogP contribution in [0.15, 0.2) is 140 Å². The Labute approximate surface area is 263 Å². The van der Waals surface area contributed by atoms with Gasteiger partial charge in [0.15, 0.2) is 0 Å². The summed E-state index contributed by atoms with van der Waals surface area (Å²) in [5.74, 6) is 0.655. The predicted molar refractivity (Wildman–Crippen MR) is 185 cm³/mol. The first-order chi connectivity index (χ1) is 21.9. The number of aromatic nitrogens is 2. The minimum atomic E-state index is -0.0427. The van der Waals surface area contributed by atoms with E-state index in [1.165, 1.54) is 5.56 Å². The molecule has 6 aromatic carbocycles. The lowest BCUT2D eigenvalue weighted by Gasteiger charge is -2.24. The van der Waals surface area contributed by atoms with Crippen LogP contribution in [0.3, 0.4) is 0 Å². The van der Waals surface area contributed by atoms with Crippen LogP contribution in [-0.4, -0.2) is 15.5 Å². The van der Waals surface area contributed by atoms with Gasteiger partial charge in [-0.05, 0) is 56.5 Å². The van der Waals surface area contributed by atoms with Crippen LogP contribution in [0, 0.1) is 0 Å². The van der Waals surface area contributed by atoms with E-state index in [1.54, 1.807) is 0 Å². The van der Waals surface area contributed by atoms with Gasteiger partial charge in [-0.25, -0.2) is 4.98 Å². The van der Waals surface area contributed by atoms with Crippen LogP contribution in [0.4, 0.5) is 0 Å². The zero-order valence-corrected chi connectivity index (χ0v) is 25.6. The highest BCUT2D eigenvalue weighted by Gasteiger charge is 2.39. The summed E-state index contributed by atoms with van der Waals surface area (Å²) in [6, 6.07) is 48.2. The van der Waals surface area contributed by atoms with Crippen LogP contribution in [0.1, 0.15) is 36.7 Å². The topological polar surface area (TPSA) is 34.9 Å². The molecule has 45 heavy (non-hydrogen) atoms. The Kier molecular flexibility index (Phi) is 6.18. The molecule has 1 aliphatic rings. The lowest BCUT2D eigenvalue weighted by Crippen LogP contribution is -2.11. The van der Waals surface area contributed by atoms with Crippen molar-refractivity contribution in [2.24, 2.45) is 0 Å². The first kappa shape index (κ1) is 27.0. The maximum absolute atomic E-state index is 15.0. The van der Waals surface area contributed by atoms with E-state index in [0.717, 1.165) is 61.1 Å². The third-order valence-corrected chi connectivity index (χ3v) is 8.91. The van der Waals surface area contributed by atoms with E-state index < -0.39 is 0 Å². The van der Waals surface area contributed by atoms with Crippen molar-refractivity contribution in [3.63, 3.8) is 0 Å². The molecule has 0 saturated heterocycles. The fourth-order valence-corrected chi connectivity index (χ4v) is 6.79. The van der Waals surface area contributed by atoms with Crippen molar-refractivity contribution >= 4 is 16.9 Å². The second kappa shape index (κ2) is 10.3. The van der Waals surface area contributed by atoms with Gasteiger partial charge in [-0.15, -0.1) is 0 Å². The van der Waals surface area contributed by atoms with Crippen molar-refractivity contribution in [2.45, 2.75) is 26.2 Å². The molecule has 0 amide bonds. The third kappa shape index (κ3) is 4.27. The summed E-state index contributed by atoms with van der Waals surface area (Å²) >= 11 is 0. The van der Waals surface area contributed by atoms with E-state index in [1.807, 2.05) is 34.9 Å². The normalized spacial score (nSPS) is 12.4. The highest BCUT2D eigenvalue weighted by molar-refractivity contribution is 6.24. The molecule has 0 unspecified atom stereocenters. The van der Waals surface area contributed by atoms with E-state index in [0.29, 0.717) is 11.4 Å². The Hall–Kier alpha value is -5.54. The maximum atomic E-state index is 15.0. The van der Waals surface area contributed by atoms with Crippen molar-refractivity contribution in [3.05, 3.63) is 151 Å². The summed E-state index contributed by atoms with van der Waals surface area (Å²) in [7, 11) is 0. The molecule has 0 radical (unpaired) electrons. The Balaban J connectivity index is 1.61. The smallest absolute Gasteiger partial charge is 0.265 e. The molecule has 3 heteroatoms. The zero-order chi connectivity index (χ0) is 30.7. The van der Waals surface area contributed by atoms with E-state index in [4.69, 9.17) is 4.98 Å². The molecular formula is C42H32N2O. The number of hydrogen-bond donors (Lipinski definition) is 0. The van der Waals surface area contributed by atoms with Crippen molar-refractivity contribution < 1.29 is 4.79 Å². The van der Waals surface area contributed by atoms with E-state index in [2.05, 4.69) is 130 Å². The molecule has 216 valence electrons.